The normalized spacial score (nSPS) is 16.4. The van der Waals surface area contributed by atoms with Crippen LogP contribution < -0.4 is 4.90 Å². The largest absolute Gasteiger partial charge is 0.379 e. The van der Waals surface area contributed by atoms with Crippen LogP contribution in [0.2, 0.25) is 0 Å². The molecule has 1 saturated heterocycles. The fraction of sp³-hybridized carbons (Fsp3) is 0.500. The summed E-state index contributed by atoms with van der Waals surface area (Å²) in [6.07, 6.45) is 1.77. The molecule has 1 fully saturated rings. The number of rotatable bonds is 5. The molecule has 4 rings (SSSR count). The molecule has 0 aromatic carbocycles. The maximum absolute atomic E-state index is 5.49. The van der Waals surface area contributed by atoms with E-state index in [2.05, 4.69) is 33.9 Å². The van der Waals surface area contributed by atoms with Gasteiger partial charge in [-0.25, -0.2) is 9.97 Å². The van der Waals surface area contributed by atoms with Crippen LogP contribution in [0.4, 0.5) is 5.82 Å². The van der Waals surface area contributed by atoms with Crippen molar-refractivity contribution in [2.24, 2.45) is 7.05 Å². The number of nitrogens with zero attached hydrogens (tertiary/aromatic N) is 7. The second-order valence-corrected chi connectivity index (χ2v) is 7.37. The molecule has 0 radical (unpaired) electrons. The van der Waals surface area contributed by atoms with Crippen LogP contribution in [0.15, 0.2) is 24.4 Å². The number of anilines is 1. The molecular weight excluding hydrogens is 354 g/mol. The lowest BCUT2D eigenvalue weighted by Crippen LogP contribution is -2.47. The molecule has 0 aliphatic carbocycles. The maximum atomic E-state index is 5.49. The van der Waals surface area contributed by atoms with Crippen molar-refractivity contribution >= 4 is 16.9 Å². The van der Waals surface area contributed by atoms with E-state index in [1.807, 2.05) is 36.9 Å². The van der Waals surface area contributed by atoms with E-state index in [0.717, 1.165) is 61.1 Å². The van der Waals surface area contributed by atoms with Crippen LogP contribution in [0, 0.1) is 6.92 Å². The zero-order valence-corrected chi connectivity index (χ0v) is 17.0. The van der Waals surface area contributed by atoms with Crippen LogP contribution in [0.5, 0.6) is 0 Å². The van der Waals surface area contributed by atoms with Crippen LogP contribution in [-0.2, 0) is 11.8 Å². The van der Waals surface area contributed by atoms with Gasteiger partial charge in [0, 0.05) is 46.0 Å². The van der Waals surface area contributed by atoms with Crippen molar-refractivity contribution in [1.82, 2.24) is 29.6 Å². The van der Waals surface area contributed by atoms with Gasteiger partial charge in [-0.3, -0.25) is 14.6 Å². The first-order valence-electron chi connectivity index (χ1n) is 9.70. The van der Waals surface area contributed by atoms with E-state index in [1.165, 1.54) is 0 Å². The quantitative estimate of drug-likeness (QED) is 0.668. The number of hydrogen-bond donors (Lipinski definition) is 0. The van der Waals surface area contributed by atoms with Gasteiger partial charge in [-0.2, -0.15) is 5.10 Å². The summed E-state index contributed by atoms with van der Waals surface area (Å²) >= 11 is 0. The molecule has 4 heterocycles. The summed E-state index contributed by atoms with van der Waals surface area (Å²) in [7, 11) is 4.01. The van der Waals surface area contributed by atoms with Crippen molar-refractivity contribution in [1.29, 1.82) is 0 Å². The fourth-order valence-electron chi connectivity index (χ4n) is 3.82. The Kier molecular flexibility index (Phi) is 5.23. The van der Waals surface area contributed by atoms with Crippen molar-refractivity contribution < 1.29 is 4.74 Å². The third-order valence-corrected chi connectivity index (χ3v) is 5.30. The highest BCUT2D eigenvalue weighted by atomic mass is 16.5. The maximum Gasteiger partial charge on any atom is 0.182 e. The number of likely N-dealkylation sites (N-methyl/N-ethyl adjacent to an activating group) is 1. The van der Waals surface area contributed by atoms with E-state index in [9.17, 15) is 0 Å². The molecule has 1 aliphatic heterocycles. The van der Waals surface area contributed by atoms with Crippen LogP contribution in [0.1, 0.15) is 12.6 Å². The van der Waals surface area contributed by atoms with Gasteiger partial charge >= 0.3 is 0 Å². The second kappa shape index (κ2) is 7.81. The monoisotopic (exact) mass is 381 g/mol. The summed E-state index contributed by atoms with van der Waals surface area (Å²) in [5.74, 6) is 1.52. The third kappa shape index (κ3) is 3.57. The Balaban J connectivity index is 1.72. The topological polar surface area (TPSA) is 72.2 Å². The first-order valence-corrected chi connectivity index (χ1v) is 9.70. The molecule has 3 aromatic rings. The summed E-state index contributed by atoms with van der Waals surface area (Å²) in [5.41, 5.74) is 2.53. The minimum absolute atomic E-state index is 0.397. The summed E-state index contributed by atoms with van der Waals surface area (Å²) in [6.45, 7) is 8.68. The van der Waals surface area contributed by atoms with Gasteiger partial charge < -0.3 is 9.64 Å². The Morgan fingerprint density at radius 1 is 1.21 bits per heavy atom. The van der Waals surface area contributed by atoms with E-state index in [0.29, 0.717) is 11.9 Å². The molecule has 0 N–H and O–H groups in total. The highest BCUT2D eigenvalue weighted by Crippen LogP contribution is 2.29. The average molecular weight is 381 g/mol. The molecule has 0 spiro atoms. The number of morpholine rings is 1. The first-order chi connectivity index (χ1) is 13.5. The zero-order chi connectivity index (χ0) is 19.7. The summed E-state index contributed by atoms with van der Waals surface area (Å²) < 4.78 is 7.31. The summed E-state index contributed by atoms with van der Waals surface area (Å²) in [5, 5.41) is 5.58. The van der Waals surface area contributed by atoms with E-state index >= 15 is 0 Å². The van der Waals surface area contributed by atoms with Gasteiger partial charge in [0.2, 0.25) is 0 Å². The number of pyridine rings is 1. The smallest absolute Gasteiger partial charge is 0.182 e. The lowest BCUT2D eigenvalue weighted by molar-refractivity contribution is 0.0218. The van der Waals surface area contributed by atoms with Crippen molar-refractivity contribution in [3.05, 3.63) is 30.1 Å². The van der Waals surface area contributed by atoms with Gasteiger partial charge in [0.15, 0.2) is 11.5 Å². The Hall–Kier alpha value is -2.58. The summed E-state index contributed by atoms with van der Waals surface area (Å²) in [6, 6.07) is 6.18. The number of hydrogen-bond acceptors (Lipinski definition) is 7. The zero-order valence-electron chi connectivity index (χ0n) is 17.0. The Morgan fingerprint density at radius 3 is 2.71 bits per heavy atom. The van der Waals surface area contributed by atoms with Crippen LogP contribution >= 0.6 is 0 Å². The first kappa shape index (κ1) is 18.8. The minimum atomic E-state index is 0.397. The van der Waals surface area contributed by atoms with Gasteiger partial charge in [0.25, 0.3) is 0 Å². The van der Waals surface area contributed by atoms with Crippen LogP contribution in [0.25, 0.3) is 22.6 Å². The van der Waals surface area contributed by atoms with E-state index in [4.69, 9.17) is 14.7 Å². The molecule has 1 aliphatic rings. The fourth-order valence-corrected chi connectivity index (χ4v) is 3.82. The lowest BCUT2D eigenvalue weighted by atomic mass is 10.2. The third-order valence-electron chi connectivity index (χ3n) is 5.30. The Morgan fingerprint density at radius 2 is 2.00 bits per heavy atom. The predicted octanol–water partition coefficient (Wildman–Crippen LogP) is 1.89. The van der Waals surface area contributed by atoms with Crippen molar-refractivity contribution in [3.63, 3.8) is 0 Å². The van der Waals surface area contributed by atoms with Gasteiger partial charge in [-0.1, -0.05) is 6.07 Å². The second-order valence-electron chi connectivity index (χ2n) is 7.37. The summed E-state index contributed by atoms with van der Waals surface area (Å²) in [4.78, 5) is 18.8. The SMILES string of the molecule is Cc1nn(C)c2nc(-c3ccccn3)nc(N(C)C[C@@H](C)N3CCOCC3)c12. The highest BCUT2D eigenvalue weighted by Gasteiger charge is 2.23. The van der Waals surface area contributed by atoms with Gasteiger partial charge in [0.1, 0.15) is 11.5 Å². The van der Waals surface area contributed by atoms with Crippen LogP contribution in [0.3, 0.4) is 0 Å². The molecule has 0 amide bonds. The molecule has 28 heavy (non-hydrogen) atoms. The van der Waals surface area contributed by atoms with E-state index in [1.54, 1.807) is 6.20 Å². The molecule has 148 valence electrons. The number of fused-ring (bicyclic) bond motifs is 1. The molecule has 0 unspecified atom stereocenters. The predicted molar refractivity (Wildman–Crippen MR) is 109 cm³/mol. The molecule has 3 aromatic heterocycles. The number of ether oxygens (including phenoxy) is 1. The molecule has 0 bridgehead atoms. The number of aryl methyl sites for hydroxylation is 2. The molecule has 1 atom stereocenters. The molecule has 0 saturated carbocycles. The van der Waals surface area contributed by atoms with Crippen molar-refractivity contribution in [2.45, 2.75) is 19.9 Å². The van der Waals surface area contributed by atoms with E-state index in [-0.39, 0.29) is 0 Å². The average Bonchev–Trinajstić information content (AvgIpc) is 3.02. The van der Waals surface area contributed by atoms with Gasteiger partial charge in [-0.15, -0.1) is 0 Å². The van der Waals surface area contributed by atoms with Gasteiger partial charge in [-0.05, 0) is 26.0 Å². The van der Waals surface area contributed by atoms with Gasteiger partial charge in [0.05, 0.1) is 24.3 Å². The number of aromatic nitrogens is 5. The minimum Gasteiger partial charge on any atom is -0.379 e. The van der Waals surface area contributed by atoms with Crippen molar-refractivity contribution in [2.75, 3.05) is 44.8 Å². The van der Waals surface area contributed by atoms with Crippen molar-refractivity contribution in [3.8, 4) is 11.5 Å². The molecule has 8 heteroatoms. The van der Waals surface area contributed by atoms with Crippen LogP contribution in [-0.4, -0.2) is 75.6 Å². The Bertz CT molecular complexity index is 950. The Labute approximate surface area is 165 Å². The van der Waals surface area contributed by atoms with E-state index < -0.39 is 0 Å². The standard InChI is InChI=1S/C20H27N7O/c1-14(27-9-11-28-12-10-27)13-25(3)19-17-15(2)24-26(4)20(17)23-18(22-19)16-7-5-6-8-21-16/h5-8,14H,9-13H2,1-4H3/t14-/m1/s1. The molecular formula is C20H27N7O. The molecule has 8 nitrogen and oxygen atoms in total. The lowest BCUT2D eigenvalue weighted by Gasteiger charge is -2.34. The highest BCUT2D eigenvalue weighted by molar-refractivity contribution is 5.91.